The molecule has 0 spiro atoms. The molecule has 108 valence electrons. The molecule has 20 heavy (non-hydrogen) atoms. The van der Waals surface area contributed by atoms with Gasteiger partial charge in [0.2, 0.25) is 0 Å². The Bertz CT molecular complexity index is 512. The van der Waals surface area contributed by atoms with E-state index < -0.39 is 5.97 Å². The van der Waals surface area contributed by atoms with Crippen LogP contribution >= 0.6 is 0 Å². The number of carbonyl (C=O) groups is 1. The number of likely N-dealkylation sites (tertiary alicyclic amines) is 1. The number of rotatable bonds is 3. The number of carboxylic acids is 1. The molecule has 0 radical (unpaired) electrons. The zero-order chi connectivity index (χ0) is 14.1. The molecular formula is C15H21N3O2. The Morgan fingerprint density at radius 1 is 1.35 bits per heavy atom. The van der Waals surface area contributed by atoms with Crippen molar-refractivity contribution in [3.63, 3.8) is 0 Å². The molecule has 2 aliphatic heterocycles. The first-order chi connectivity index (χ1) is 9.65. The second-order valence-corrected chi connectivity index (χ2v) is 5.78. The van der Waals surface area contributed by atoms with E-state index in [4.69, 9.17) is 0 Å². The number of hydrogen-bond acceptors (Lipinski definition) is 4. The number of aryl methyl sites for hydroxylation is 1. The van der Waals surface area contributed by atoms with Crippen LogP contribution in [0.15, 0.2) is 12.3 Å². The maximum atomic E-state index is 11.4. The van der Waals surface area contributed by atoms with Crippen LogP contribution in [0, 0.1) is 6.92 Å². The molecule has 2 fully saturated rings. The molecule has 2 aliphatic rings. The maximum absolute atomic E-state index is 11.4. The van der Waals surface area contributed by atoms with Crippen LogP contribution in [-0.2, 0) is 0 Å². The zero-order valence-electron chi connectivity index (χ0n) is 11.9. The third kappa shape index (κ3) is 2.50. The first-order valence-electron chi connectivity index (χ1n) is 7.34. The van der Waals surface area contributed by atoms with Crippen molar-refractivity contribution in [3.05, 3.63) is 23.5 Å². The van der Waals surface area contributed by atoms with Gasteiger partial charge in [-0.05, 0) is 45.3 Å². The van der Waals surface area contributed by atoms with Crippen LogP contribution in [0.3, 0.4) is 0 Å². The van der Waals surface area contributed by atoms with E-state index in [1.807, 2.05) is 13.0 Å². The molecular weight excluding hydrogens is 254 g/mol. The molecule has 1 unspecified atom stereocenters. The van der Waals surface area contributed by atoms with Gasteiger partial charge in [-0.2, -0.15) is 0 Å². The van der Waals surface area contributed by atoms with E-state index in [1.165, 1.54) is 32.1 Å². The molecule has 1 N–H and O–H groups in total. The third-order valence-electron chi connectivity index (χ3n) is 4.41. The average molecular weight is 275 g/mol. The zero-order valence-corrected chi connectivity index (χ0v) is 11.9. The molecule has 5 nitrogen and oxygen atoms in total. The number of anilines is 1. The summed E-state index contributed by atoms with van der Waals surface area (Å²) in [6, 6.07) is 2.48. The number of aromatic carboxylic acids is 1. The summed E-state index contributed by atoms with van der Waals surface area (Å²) < 4.78 is 0. The van der Waals surface area contributed by atoms with Crippen molar-refractivity contribution in [1.29, 1.82) is 0 Å². The topological polar surface area (TPSA) is 56.7 Å². The van der Waals surface area contributed by atoms with Crippen LogP contribution in [0.4, 0.5) is 5.69 Å². The Labute approximate surface area is 119 Å². The summed E-state index contributed by atoms with van der Waals surface area (Å²) in [5, 5.41) is 9.32. The lowest BCUT2D eigenvalue weighted by Crippen LogP contribution is -2.35. The molecule has 5 heteroatoms. The number of nitrogens with zero attached hydrogens (tertiary/aromatic N) is 3. The molecule has 0 bridgehead atoms. The lowest BCUT2D eigenvalue weighted by Gasteiger charge is -2.25. The Kier molecular flexibility index (Phi) is 3.61. The summed E-state index contributed by atoms with van der Waals surface area (Å²) in [6.07, 6.45) is 5.20. The van der Waals surface area contributed by atoms with E-state index in [9.17, 15) is 9.90 Å². The van der Waals surface area contributed by atoms with Gasteiger partial charge < -0.3 is 10.0 Å². The summed E-state index contributed by atoms with van der Waals surface area (Å²) in [5.41, 5.74) is 2.01. The lowest BCUT2D eigenvalue weighted by atomic mass is 10.2. The van der Waals surface area contributed by atoms with Crippen LogP contribution in [0.1, 0.15) is 35.3 Å². The van der Waals surface area contributed by atoms with Gasteiger partial charge in [-0.1, -0.05) is 0 Å². The summed E-state index contributed by atoms with van der Waals surface area (Å²) in [7, 11) is 0. The van der Waals surface area contributed by atoms with Crippen molar-refractivity contribution in [2.24, 2.45) is 0 Å². The van der Waals surface area contributed by atoms with Crippen molar-refractivity contribution in [2.75, 3.05) is 31.1 Å². The van der Waals surface area contributed by atoms with Gasteiger partial charge in [-0.25, -0.2) is 4.79 Å². The molecule has 0 amide bonds. The van der Waals surface area contributed by atoms with Gasteiger partial charge in [0.1, 0.15) is 5.56 Å². The maximum Gasteiger partial charge on any atom is 0.339 e. The Morgan fingerprint density at radius 2 is 2.10 bits per heavy atom. The molecule has 1 aromatic rings. The molecule has 0 aliphatic carbocycles. The average Bonchev–Trinajstić information content (AvgIpc) is 3.09. The van der Waals surface area contributed by atoms with E-state index in [2.05, 4.69) is 14.8 Å². The molecule has 3 rings (SSSR count). The fourth-order valence-corrected chi connectivity index (χ4v) is 3.34. The van der Waals surface area contributed by atoms with Crippen molar-refractivity contribution in [2.45, 2.75) is 32.2 Å². The highest BCUT2D eigenvalue weighted by molar-refractivity contribution is 5.94. The smallest absolute Gasteiger partial charge is 0.339 e. The largest absolute Gasteiger partial charge is 0.478 e. The van der Waals surface area contributed by atoms with Gasteiger partial charge >= 0.3 is 5.97 Å². The summed E-state index contributed by atoms with van der Waals surface area (Å²) in [4.78, 5) is 20.2. The van der Waals surface area contributed by atoms with Crippen molar-refractivity contribution in [1.82, 2.24) is 9.88 Å². The highest BCUT2D eigenvalue weighted by Gasteiger charge is 2.31. The highest BCUT2D eigenvalue weighted by Crippen LogP contribution is 2.28. The Hall–Kier alpha value is -1.62. The SMILES string of the molecule is Cc1cc(N2CCC(N3CCCC3)C2)c(C(=O)O)cn1. The lowest BCUT2D eigenvalue weighted by molar-refractivity contribution is 0.0697. The van der Waals surface area contributed by atoms with E-state index in [1.54, 1.807) is 0 Å². The van der Waals surface area contributed by atoms with Crippen LogP contribution in [-0.4, -0.2) is 53.2 Å². The van der Waals surface area contributed by atoms with Gasteiger partial charge in [0, 0.05) is 31.0 Å². The fourth-order valence-electron chi connectivity index (χ4n) is 3.34. The van der Waals surface area contributed by atoms with Gasteiger partial charge in [0.25, 0.3) is 0 Å². The fraction of sp³-hybridized carbons (Fsp3) is 0.600. The number of pyridine rings is 1. The number of aromatic nitrogens is 1. The first-order valence-corrected chi connectivity index (χ1v) is 7.34. The van der Waals surface area contributed by atoms with Crippen LogP contribution in [0.2, 0.25) is 0 Å². The molecule has 1 atom stereocenters. The summed E-state index contributed by atoms with van der Waals surface area (Å²) in [6.45, 7) is 6.16. The van der Waals surface area contributed by atoms with Gasteiger partial charge in [0.15, 0.2) is 0 Å². The Morgan fingerprint density at radius 3 is 2.80 bits per heavy atom. The molecule has 0 saturated carbocycles. The minimum Gasteiger partial charge on any atom is -0.478 e. The normalized spacial score (nSPS) is 23.4. The summed E-state index contributed by atoms with van der Waals surface area (Å²) >= 11 is 0. The van der Waals surface area contributed by atoms with Gasteiger partial charge in [-0.3, -0.25) is 9.88 Å². The number of carboxylic acid groups (broad SMARTS) is 1. The van der Waals surface area contributed by atoms with Crippen LogP contribution < -0.4 is 4.90 Å². The third-order valence-corrected chi connectivity index (χ3v) is 4.41. The van der Waals surface area contributed by atoms with E-state index >= 15 is 0 Å². The highest BCUT2D eigenvalue weighted by atomic mass is 16.4. The molecule has 0 aromatic carbocycles. The predicted molar refractivity (Wildman–Crippen MR) is 77.4 cm³/mol. The quantitative estimate of drug-likeness (QED) is 0.911. The van der Waals surface area contributed by atoms with Gasteiger partial charge in [-0.15, -0.1) is 0 Å². The predicted octanol–water partition coefficient (Wildman–Crippen LogP) is 1.76. The van der Waals surface area contributed by atoms with Gasteiger partial charge in [0.05, 0.1) is 5.69 Å². The van der Waals surface area contributed by atoms with Crippen molar-refractivity contribution >= 4 is 11.7 Å². The monoisotopic (exact) mass is 275 g/mol. The van der Waals surface area contributed by atoms with E-state index in [-0.39, 0.29) is 0 Å². The Balaban J connectivity index is 1.80. The van der Waals surface area contributed by atoms with Crippen molar-refractivity contribution < 1.29 is 9.90 Å². The molecule has 2 saturated heterocycles. The second kappa shape index (κ2) is 5.40. The van der Waals surface area contributed by atoms with E-state index in [0.29, 0.717) is 11.6 Å². The van der Waals surface area contributed by atoms with Crippen molar-refractivity contribution in [3.8, 4) is 0 Å². The number of hydrogen-bond donors (Lipinski definition) is 1. The minimum atomic E-state index is -0.892. The van der Waals surface area contributed by atoms with Crippen LogP contribution in [0.25, 0.3) is 0 Å². The summed E-state index contributed by atoms with van der Waals surface area (Å²) in [5.74, 6) is -0.892. The minimum absolute atomic E-state index is 0.317. The molecule has 3 heterocycles. The van der Waals surface area contributed by atoms with E-state index in [0.717, 1.165) is 30.9 Å². The molecule has 1 aromatic heterocycles. The second-order valence-electron chi connectivity index (χ2n) is 5.78. The first kappa shape index (κ1) is 13.4. The standard InChI is InChI=1S/C15H21N3O2/c1-11-8-14(13(9-16-11)15(19)20)18-7-4-12(10-18)17-5-2-3-6-17/h8-9,12H,2-7,10H2,1H3,(H,19,20). The van der Waals surface area contributed by atoms with Crippen LogP contribution in [0.5, 0.6) is 0 Å².